The smallest absolute Gasteiger partial charge is 0.125 e. The van der Waals surface area contributed by atoms with E-state index in [0.717, 1.165) is 28.6 Å². The van der Waals surface area contributed by atoms with Gasteiger partial charge in [0, 0.05) is 10.0 Å². The third-order valence-corrected chi connectivity index (χ3v) is 4.00. The highest BCUT2D eigenvalue weighted by Crippen LogP contribution is 2.34. The maximum absolute atomic E-state index is 6.40. The molecule has 1 aliphatic rings. The Morgan fingerprint density at radius 2 is 2.11 bits per heavy atom. The lowest BCUT2D eigenvalue weighted by Crippen LogP contribution is -2.14. The fraction of sp³-hybridized carbons (Fsp3) is 0.467. The fourth-order valence-electron chi connectivity index (χ4n) is 2.46. The summed E-state index contributed by atoms with van der Waals surface area (Å²) in [5, 5.41) is 0. The molecular weight excluding hydrogens is 290 g/mol. The molecule has 1 aromatic rings. The van der Waals surface area contributed by atoms with Crippen molar-refractivity contribution in [3.63, 3.8) is 0 Å². The van der Waals surface area contributed by atoms with Gasteiger partial charge in [-0.1, -0.05) is 40.1 Å². The second kappa shape index (κ2) is 6.39. The quantitative estimate of drug-likeness (QED) is 0.843. The predicted octanol–water partition coefficient (Wildman–Crippen LogP) is 4.35. The maximum Gasteiger partial charge on any atom is 0.125 e. The van der Waals surface area contributed by atoms with Crippen LogP contribution >= 0.6 is 15.9 Å². The van der Waals surface area contributed by atoms with Gasteiger partial charge in [-0.05, 0) is 37.8 Å². The Bertz CT molecular complexity index is 442. The molecule has 2 N–H and O–H groups in total. The third-order valence-electron chi connectivity index (χ3n) is 3.51. The molecule has 1 aromatic carbocycles. The second-order valence-electron chi connectivity index (χ2n) is 4.74. The average molecular weight is 310 g/mol. The molecule has 2 rings (SSSR count). The zero-order valence-electron chi connectivity index (χ0n) is 10.8. The lowest BCUT2D eigenvalue weighted by Gasteiger charge is -2.19. The molecule has 0 fully saturated rings. The lowest BCUT2D eigenvalue weighted by atomic mass is 9.95. The topological polar surface area (TPSA) is 35.2 Å². The van der Waals surface area contributed by atoms with E-state index in [1.165, 1.54) is 24.8 Å². The molecule has 0 heterocycles. The van der Waals surface area contributed by atoms with Gasteiger partial charge in [-0.3, -0.25) is 0 Å². The second-order valence-corrected chi connectivity index (χ2v) is 5.66. The zero-order valence-corrected chi connectivity index (χ0v) is 12.4. The number of methoxy groups -OCH3 is 1. The van der Waals surface area contributed by atoms with Crippen LogP contribution in [0, 0.1) is 0 Å². The molecule has 1 atom stereocenters. The van der Waals surface area contributed by atoms with E-state index in [9.17, 15) is 0 Å². The molecule has 0 bridgehead atoms. The number of ether oxygens (including phenoxy) is 1. The standard InChI is InChI=1S/C15H20BrNO/c1-18-14-10-12(16)8-9-13(14)15(17)11-6-4-2-3-5-7-11/h6,8-10,15H,2-5,7,17H2,1H3. The van der Waals surface area contributed by atoms with Crippen LogP contribution < -0.4 is 10.5 Å². The van der Waals surface area contributed by atoms with Crippen LogP contribution in [0.5, 0.6) is 5.75 Å². The summed E-state index contributed by atoms with van der Waals surface area (Å²) in [5.41, 5.74) is 8.83. The highest BCUT2D eigenvalue weighted by atomic mass is 79.9. The Balaban J connectivity index is 2.27. The van der Waals surface area contributed by atoms with E-state index in [1.807, 2.05) is 12.1 Å². The van der Waals surface area contributed by atoms with Gasteiger partial charge in [0.05, 0.1) is 13.2 Å². The first-order valence-electron chi connectivity index (χ1n) is 6.50. The van der Waals surface area contributed by atoms with Crippen molar-refractivity contribution in [3.05, 3.63) is 39.9 Å². The number of allylic oxidation sites excluding steroid dienone is 1. The van der Waals surface area contributed by atoms with E-state index in [1.54, 1.807) is 7.11 Å². The van der Waals surface area contributed by atoms with Crippen molar-refractivity contribution in [1.29, 1.82) is 0 Å². The molecule has 0 amide bonds. The van der Waals surface area contributed by atoms with Gasteiger partial charge in [0.2, 0.25) is 0 Å². The number of benzene rings is 1. The number of hydrogen-bond donors (Lipinski definition) is 1. The number of hydrogen-bond acceptors (Lipinski definition) is 2. The molecule has 0 aromatic heterocycles. The Morgan fingerprint density at radius 1 is 1.28 bits per heavy atom. The minimum Gasteiger partial charge on any atom is -0.496 e. The van der Waals surface area contributed by atoms with Gasteiger partial charge in [-0.15, -0.1) is 0 Å². The Hall–Kier alpha value is -0.800. The number of halogens is 1. The first kappa shape index (κ1) is 13.6. The molecule has 1 unspecified atom stereocenters. The van der Waals surface area contributed by atoms with Gasteiger partial charge < -0.3 is 10.5 Å². The van der Waals surface area contributed by atoms with E-state index < -0.39 is 0 Å². The molecule has 0 aliphatic heterocycles. The van der Waals surface area contributed by atoms with E-state index in [-0.39, 0.29) is 6.04 Å². The van der Waals surface area contributed by atoms with Crippen LogP contribution in [-0.4, -0.2) is 7.11 Å². The molecule has 0 radical (unpaired) electrons. The van der Waals surface area contributed by atoms with Crippen molar-refractivity contribution in [3.8, 4) is 5.75 Å². The van der Waals surface area contributed by atoms with Crippen LogP contribution in [0.4, 0.5) is 0 Å². The summed E-state index contributed by atoms with van der Waals surface area (Å²) in [6.07, 6.45) is 8.43. The molecule has 2 nitrogen and oxygen atoms in total. The first-order chi connectivity index (χ1) is 8.72. The van der Waals surface area contributed by atoms with Crippen LogP contribution in [0.2, 0.25) is 0 Å². The van der Waals surface area contributed by atoms with E-state index in [0.29, 0.717) is 0 Å². The molecular formula is C15H20BrNO. The lowest BCUT2D eigenvalue weighted by molar-refractivity contribution is 0.407. The predicted molar refractivity (Wildman–Crippen MR) is 78.8 cm³/mol. The summed E-state index contributed by atoms with van der Waals surface area (Å²) >= 11 is 3.46. The van der Waals surface area contributed by atoms with Crippen molar-refractivity contribution in [2.24, 2.45) is 5.73 Å². The van der Waals surface area contributed by atoms with Crippen LogP contribution in [0.25, 0.3) is 0 Å². The summed E-state index contributed by atoms with van der Waals surface area (Å²) in [7, 11) is 1.69. The van der Waals surface area contributed by atoms with Crippen LogP contribution in [0.15, 0.2) is 34.3 Å². The third kappa shape index (κ3) is 3.15. The Kier molecular flexibility index (Phi) is 4.84. The summed E-state index contributed by atoms with van der Waals surface area (Å²) in [4.78, 5) is 0. The van der Waals surface area contributed by atoms with Crippen molar-refractivity contribution in [2.75, 3.05) is 7.11 Å². The highest BCUT2D eigenvalue weighted by molar-refractivity contribution is 9.10. The number of nitrogens with two attached hydrogens (primary N) is 1. The van der Waals surface area contributed by atoms with E-state index in [2.05, 4.69) is 28.1 Å². The summed E-state index contributed by atoms with van der Waals surface area (Å²) < 4.78 is 6.45. The van der Waals surface area contributed by atoms with Crippen molar-refractivity contribution in [2.45, 2.75) is 38.1 Å². The molecule has 18 heavy (non-hydrogen) atoms. The van der Waals surface area contributed by atoms with E-state index >= 15 is 0 Å². The van der Waals surface area contributed by atoms with Gasteiger partial charge in [0.25, 0.3) is 0 Å². The maximum atomic E-state index is 6.40. The van der Waals surface area contributed by atoms with Gasteiger partial charge >= 0.3 is 0 Å². The SMILES string of the molecule is COc1cc(Br)ccc1C(N)C1=CCCCCC1. The molecule has 0 saturated carbocycles. The van der Waals surface area contributed by atoms with Crippen molar-refractivity contribution >= 4 is 15.9 Å². The largest absolute Gasteiger partial charge is 0.496 e. The van der Waals surface area contributed by atoms with Gasteiger partial charge in [0.1, 0.15) is 5.75 Å². The Morgan fingerprint density at radius 3 is 2.89 bits per heavy atom. The molecule has 98 valence electrons. The highest BCUT2D eigenvalue weighted by Gasteiger charge is 2.17. The first-order valence-corrected chi connectivity index (χ1v) is 7.29. The number of rotatable bonds is 3. The summed E-state index contributed by atoms with van der Waals surface area (Å²) in [5.74, 6) is 0.863. The van der Waals surface area contributed by atoms with Crippen molar-refractivity contribution in [1.82, 2.24) is 0 Å². The fourth-order valence-corrected chi connectivity index (χ4v) is 2.80. The summed E-state index contributed by atoms with van der Waals surface area (Å²) in [6.45, 7) is 0. The average Bonchev–Trinajstić information content (AvgIpc) is 2.66. The van der Waals surface area contributed by atoms with E-state index in [4.69, 9.17) is 10.5 Å². The minimum absolute atomic E-state index is 0.0360. The van der Waals surface area contributed by atoms with Crippen LogP contribution in [-0.2, 0) is 0 Å². The van der Waals surface area contributed by atoms with Gasteiger partial charge in [0.15, 0.2) is 0 Å². The molecule has 0 spiro atoms. The molecule has 0 saturated heterocycles. The van der Waals surface area contributed by atoms with Crippen LogP contribution in [0.3, 0.4) is 0 Å². The monoisotopic (exact) mass is 309 g/mol. The Labute approximate surface area is 117 Å². The minimum atomic E-state index is -0.0360. The summed E-state index contributed by atoms with van der Waals surface area (Å²) in [6, 6.07) is 6.02. The van der Waals surface area contributed by atoms with Crippen LogP contribution in [0.1, 0.15) is 43.7 Å². The van der Waals surface area contributed by atoms with Gasteiger partial charge in [-0.25, -0.2) is 0 Å². The van der Waals surface area contributed by atoms with Crippen molar-refractivity contribution < 1.29 is 4.74 Å². The molecule has 1 aliphatic carbocycles. The zero-order chi connectivity index (χ0) is 13.0. The normalized spacial score (nSPS) is 17.8. The van der Waals surface area contributed by atoms with Gasteiger partial charge in [-0.2, -0.15) is 0 Å². The molecule has 3 heteroatoms.